The van der Waals surface area contributed by atoms with Crippen molar-refractivity contribution in [2.75, 3.05) is 18.6 Å². The summed E-state index contributed by atoms with van der Waals surface area (Å²) in [5, 5.41) is 11.2. The Labute approximate surface area is 215 Å². The van der Waals surface area contributed by atoms with Crippen LogP contribution in [0.25, 0.3) is 11.0 Å². The number of rotatable bonds is 10. The number of benzene rings is 3. The topological polar surface area (TPSA) is 89.4 Å². The lowest BCUT2D eigenvalue weighted by Gasteiger charge is -2.32. The first-order valence-corrected chi connectivity index (χ1v) is 12.2. The molecule has 0 aliphatic heterocycles. The summed E-state index contributed by atoms with van der Waals surface area (Å²) in [7, 11) is 1.52. The molecule has 9 heteroatoms. The van der Waals surface area contributed by atoms with Crippen molar-refractivity contribution in [1.82, 2.24) is 20.3 Å². The number of anilines is 1. The second-order valence-electron chi connectivity index (χ2n) is 9.10. The highest BCUT2D eigenvalue weighted by atomic mass is 19.1. The molecule has 0 unspecified atom stereocenters. The van der Waals surface area contributed by atoms with Gasteiger partial charge < -0.3 is 10.1 Å². The van der Waals surface area contributed by atoms with Crippen LogP contribution >= 0.6 is 0 Å². The van der Waals surface area contributed by atoms with E-state index in [9.17, 15) is 9.59 Å². The van der Waals surface area contributed by atoms with Crippen LogP contribution in [0.2, 0.25) is 0 Å². The molecule has 0 radical (unpaired) electrons. The second-order valence-corrected chi connectivity index (χ2v) is 9.10. The molecule has 0 aliphatic carbocycles. The van der Waals surface area contributed by atoms with Gasteiger partial charge in [0.05, 0.1) is 18.3 Å². The number of methoxy groups -OCH3 is 1. The van der Waals surface area contributed by atoms with Gasteiger partial charge in [-0.3, -0.25) is 14.5 Å². The summed E-state index contributed by atoms with van der Waals surface area (Å²) >= 11 is 0. The number of amides is 2. The molecule has 0 spiro atoms. The average Bonchev–Trinajstić information content (AvgIpc) is 3.30. The quantitative estimate of drug-likeness (QED) is 0.344. The van der Waals surface area contributed by atoms with Crippen LogP contribution in [-0.2, 0) is 16.1 Å². The summed E-state index contributed by atoms with van der Waals surface area (Å²) < 4.78 is 22.0. The molecule has 0 aliphatic rings. The van der Waals surface area contributed by atoms with E-state index in [0.717, 1.165) is 6.42 Å². The lowest BCUT2D eigenvalue weighted by atomic mass is 10.0. The average molecular weight is 504 g/mol. The standard InChI is InChI=1S/C28H30FN5O3/c1-19(2)15-16-30-28(36)27(20-9-8-10-21(17-20)37-3)34(24-13-6-4-11-22(24)29)26(35)18-33-25-14-7-5-12-23(25)31-32-33/h4-14,17,19,27H,15-16,18H2,1-3H3,(H,30,36)/t27-/m0/s1. The van der Waals surface area contributed by atoms with E-state index in [4.69, 9.17) is 4.74 Å². The van der Waals surface area contributed by atoms with Gasteiger partial charge in [-0.1, -0.05) is 55.5 Å². The molecule has 0 saturated carbocycles. The number of carbonyl (C=O) groups excluding carboxylic acids is 2. The number of aromatic nitrogens is 3. The Morgan fingerprint density at radius 3 is 2.57 bits per heavy atom. The molecule has 1 heterocycles. The van der Waals surface area contributed by atoms with Gasteiger partial charge >= 0.3 is 0 Å². The van der Waals surface area contributed by atoms with Crippen molar-refractivity contribution in [2.45, 2.75) is 32.9 Å². The molecule has 8 nitrogen and oxygen atoms in total. The molecule has 1 N–H and O–H groups in total. The number of hydrogen-bond donors (Lipinski definition) is 1. The molecule has 4 aromatic rings. The maximum absolute atomic E-state index is 15.2. The largest absolute Gasteiger partial charge is 0.497 e. The number of fused-ring (bicyclic) bond motifs is 1. The van der Waals surface area contributed by atoms with Gasteiger partial charge in [-0.15, -0.1) is 5.10 Å². The third-order valence-electron chi connectivity index (χ3n) is 6.02. The van der Waals surface area contributed by atoms with E-state index in [0.29, 0.717) is 34.8 Å². The lowest BCUT2D eigenvalue weighted by molar-refractivity contribution is -0.127. The molecule has 0 saturated heterocycles. The van der Waals surface area contributed by atoms with Crippen LogP contribution in [0, 0.1) is 11.7 Å². The zero-order chi connectivity index (χ0) is 26.4. The van der Waals surface area contributed by atoms with E-state index in [2.05, 4.69) is 29.5 Å². The predicted octanol–water partition coefficient (Wildman–Crippen LogP) is 4.52. The van der Waals surface area contributed by atoms with Crippen molar-refractivity contribution in [3.63, 3.8) is 0 Å². The number of nitrogens with one attached hydrogen (secondary N) is 1. The molecule has 1 aromatic heterocycles. The zero-order valence-electron chi connectivity index (χ0n) is 21.1. The van der Waals surface area contributed by atoms with Crippen LogP contribution in [0.1, 0.15) is 31.9 Å². The Kier molecular flexibility index (Phi) is 8.12. The van der Waals surface area contributed by atoms with Crippen LogP contribution in [0.5, 0.6) is 5.75 Å². The maximum Gasteiger partial charge on any atom is 0.249 e. The van der Waals surface area contributed by atoms with Crippen LogP contribution in [0.15, 0.2) is 72.8 Å². The summed E-state index contributed by atoms with van der Waals surface area (Å²) in [5.74, 6) is -0.676. The van der Waals surface area contributed by atoms with Crippen LogP contribution < -0.4 is 15.0 Å². The fraction of sp³-hybridized carbons (Fsp3) is 0.286. The number of ether oxygens (including phenoxy) is 1. The molecule has 37 heavy (non-hydrogen) atoms. The molecule has 0 fully saturated rings. The zero-order valence-corrected chi connectivity index (χ0v) is 21.1. The van der Waals surface area contributed by atoms with Crippen molar-refractivity contribution in [1.29, 1.82) is 0 Å². The summed E-state index contributed by atoms with van der Waals surface area (Å²) in [6, 6.07) is 18.9. The first-order chi connectivity index (χ1) is 17.9. The Bertz CT molecular complexity index is 1390. The van der Waals surface area contributed by atoms with Gasteiger partial charge in [-0.25, -0.2) is 9.07 Å². The second kappa shape index (κ2) is 11.6. The summed E-state index contributed by atoms with van der Waals surface area (Å²) in [5.41, 5.74) is 1.76. The maximum atomic E-state index is 15.2. The minimum atomic E-state index is -1.15. The summed E-state index contributed by atoms with van der Waals surface area (Å²) in [6.07, 6.45) is 0.759. The third kappa shape index (κ3) is 5.94. The molecule has 1 atom stereocenters. The molecule has 192 valence electrons. The van der Waals surface area contributed by atoms with E-state index in [1.807, 2.05) is 12.1 Å². The highest BCUT2D eigenvalue weighted by Gasteiger charge is 2.34. The molecule has 4 rings (SSSR count). The Hall–Kier alpha value is -4.27. The predicted molar refractivity (Wildman–Crippen MR) is 140 cm³/mol. The monoisotopic (exact) mass is 503 g/mol. The number of carbonyl (C=O) groups is 2. The normalized spacial score (nSPS) is 11.9. The SMILES string of the molecule is COc1cccc([C@@H](C(=O)NCCC(C)C)N(C(=O)Cn2nnc3ccccc32)c2ccccc2F)c1. The fourth-order valence-corrected chi connectivity index (χ4v) is 4.11. The summed E-state index contributed by atoms with van der Waals surface area (Å²) in [6.45, 7) is 4.30. The van der Waals surface area contributed by atoms with E-state index in [-0.39, 0.29) is 12.2 Å². The van der Waals surface area contributed by atoms with Gasteiger partial charge in [-0.2, -0.15) is 0 Å². The van der Waals surface area contributed by atoms with Crippen molar-refractivity contribution >= 4 is 28.5 Å². The first-order valence-electron chi connectivity index (χ1n) is 12.2. The minimum Gasteiger partial charge on any atom is -0.497 e. The third-order valence-corrected chi connectivity index (χ3v) is 6.02. The van der Waals surface area contributed by atoms with Gasteiger partial charge in [0.25, 0.3) is 0 Å². The van der Waals surface area contributed by atoms with Gasteiger partial charge in [-0.05, 0) is 54.3 Å². The number of para-hydroxylation sites is 2. The van der Waals surface area contributed by atoms with Crippen LogP contribution in [-0.4, -0.2) is 40.5 Å². The van der Waals surface area contributed by atoms with E-state index >= 15 is 4.39 Å². The molecular formula is C28H30FN5O3. The van der Waals surface area contributed by atoms with Gasteiger partial charge in [0.15, 0.2) is 0 Å². The summed E-state index contributed by atoms with van der Waals surface area (Å²) in [4.78, 5) is 28.8. The van der Waals surface area contributed by atoms with Gasteiger partial charge in [0.1, 0.15) is 29.7 Å². The highest BCUT2D eigenvalue weighted by Crippen LogP contribution is 2.32. The number of nitrogens with zero attached hydrogens (tertiary/aromatic N) is 4. The Balaban J connectivity index is 1.79. The van der Waals surface area contributed by atoms with Crippen molar-refractivity contribution in [2.24, 2.45) is 5.92 Å². The Morgan fingerprint density at radius 2 is 1.81 bits per heavy atom. The first kappa shape index (κ1) is 25.8. The van der Waals surface area contributed by atoms with Crippen molar-refractivity contribution in [3.8, 4) is 5.75 Å². The van der Waals surface area contributed by atoms with Crippen LogP contribution in [0.3, 0.4) is 0 Å². The van der Waals surface area contributed by atoms with Gasteiger partial charge in [0.2, 0.25) is 11.8 Å². The highest BCUT2D eigenvalue weighted by molar-refractivity contribution is 6.01. The molecule has 2 amide bonds. The van der Waals surface area contributed by atoms with Crippen molar-refractivity contribution in [3.05, 3.63) is 84.2 Å². The smallest absolute Gasteiger partial charge is 0.249 e. The Morgan fingerprint density at radius 1 is 1.05 bits per heavy atom. The molecular weight excluding hydrogens is 473 g/mol. The fourth-order valence-electron chi connectivity index (χ4n) is 4.11. The van der Waals surface area contributed by atoms with E-state index in [1.54, 1.807) is 42.5 Å². The van der Waals surface area contributed by atoms with Crippen molar-refractivity contribution < 1.29 is 18.7 Å². The molecule has 3 aromatic carbocycles. The van der Waals surface area contributed by atoms with Crippen LogP contribution in [0.4, 0.5) is 10.1 Å². The van der Waals surface area contributed by atoms with E-state index < -0.39 is 23.7 Å². The minimum absolute atomic E-state index is 0.0104. The van der Waals surface area contributed by atoms with E-state index in [1.165, 1.54) is 34.9 Å². The number of halogens is 1. The lowest BCUT2D eigenvalue weighted by Crippen LogP contribution is -2.46. The number of hydrogen-bond acceptors (Lipinski definition) is 5. The van der Waals surface area contributed by atoms with Gasteiger partial charge in [0, 0.05) is 6.54 Å². The molecule has 0 bridgehead atoms.